The van der Waals surface area contributed by atoms with Crippen molar-refractivity contribution >= 4 is 34.9 Å². The summed E-state index contributed by atoms with van der Waals surface area (Å²) in [6.07, 6.45) is 3.42. The number of amides is 2. The zero-order chi connectivity index (χ0) is 16.8. The second kappa shape index (κ2) is 9.00. The number of carbonyl (C=O) groups excluding carboxylic acids is 1. The molecular formula is C17H17ClN4O2S. The Labute approximate surface area is 155 Å². The fraction of sp³-hybridized carbons (Fsp3) is 0.118. The molecule has 25 heavy (non-hydrogen) atoms. The number of hydrogen-bond acceptors (Lipinski definition) is 5. The molecule has 3 aromatic rings. The molecule has 0 aliphatic rings. The number of rotatable bonds is 5. The Hall–Kier alpha value is -2.64. The van der Waals surface area contributed by atoms with Gasteiger partial charge in [0.1, 0.15) is 5.75 Å². The van der Waals surface area contributed by atoms with Crippen LogP contribution in [0.4, 0.5) is 9.93 Å². The minimum Gasteiger partial charge on any atom is -0.497 e. The summed E-state index contributed by atoms with van der Waals surface area (Å²) < 4.78 is 5.16. The molecule has 2 N–H and O–H groups in total. The quantitative estimate of drug-likeness (QED) is 0.706. The van der Waals surface area contributed by atoms with Crippen LogP contribution in [0.3, 0.4) is 0 Å². The highest BCUT2D eigenvalue weighted by molar-refractivity contribution is 7.14. The second-order valence-corrected chi connectivity index (χ2v) is 5.79. The third-order valence-corrected chi connectivity index (χ3v) is 4.05. The molecule has 0 radical (unpaired) electrons. The maximum absolute atomic E-state index is 12.0. The number of pyridine rings is 1. The van der Waals surface area contributed by atoms with Gasteiger partial charge < -0.3 is 10.1 Å². The van der Waals surface area contributed by atoms with Crippen LogP contribution in [0.5, 0.6) is 5.75 Å². The predicted octanol–water partition coefficient (Wildman–Crippen LogP) is 3.96. The number of urea groups is 1. The van der Waals surface area contributed by atoms with E-state index in [0.29, 0.717) is 11.7 Å². The third-order valence-electron chi connectivity index (χ3n) is 3.29. The first-order valence-electron chi connectivity index (χ1n) is 7.28. The summed E-state index contributed by atoms with van der Waals surface area (Å²) in [5.41, 5.74) is 2.73. The van der Waals surface area contributed by atoms with Crippen molar-refractivity contribution in [3.8, 4) is 17.0 Å². The molecule has 0 bridgehead atoms. The number of nitrogens with one attached hydrogen (secondary N) is 2. The van der Waals surface area contributed by atoms with Gasteiger partial charge in [0.15, 0.2) is 5.13 Å². The Bertz CT molecular complexity index is 826. The first-order valence-corrected chi connectivity index (χ1v) is 8.16. The standard InChI is InChI=1S/C17H16N4O2S.ClH/c1-23-14-4-2-3-12(9-14)10-19-16(22)21-17-20-15(11-24-17)13-5-7-18-8-6-13;/h2-9,11H,10H2,1H3,(H2,19,20,21,22);1H. The van der Waals surface area contributed by atoms with Crippen LogP contribution in [0.15, 0.2) is 54.2 Å². The Morgan fingerprint density at radius 3 is 2.80 bits per heavy atom. The molecular weight excluding hydrogens is 360 g/mol. The van der Waals surface area contributed by atoms with Gasteiger partial charge in [0.2, 0.25) is 0 Å². The van der Waals surface area contributed by atoms with Crippen molar-refractivity contribution in [2.75, 3.05) is 12.4 Å². The molecule has 0 aliphatic heterocycles. The predicted molar refractivity (Wildman–Crippen MR) is 101 cm³/mol. The summed E-state index contributed by atoms with van der Waals surface area (Å²) >= 11 is 1.38. The van der Waals surface area contributed by atoms with Gasteiger partial charge in [-0.3, -0.25) is 10.3 Å². The van der Waals surface area contributed by atoms with E-state index in [1.165, 1.54) is 11.3 Å². The minimum atomic E-state index is -0.298. The Morgan fingerprint density at radius 1 is 1.24 bits per heavy atom. The van der Waals surface area contributed by atoms with Crippen molar-refractivity contribution in [1.82, 2.24) is 15.3 Å². The van der Waals surface area contributed by atoms with Crippen molar-refractivity contribution in [3.63, 3.8) is 0 Å². The van der Waals surface area contributed by atoms with Crippen molar-refractivity contribution in [2.24, 2.45) is 0 Å². The number of benzene rings is 1. The highest BCUT2D eigenvalue weighted by atomic mass is 35.5. The summed E-state index contributed by atoms with van der Waals surface area (Å²) in [5, 5.41) is 7.98. The summed E-state index contributed by atoms with van der Waals surface area (Å²) in [6.45, 7) is 0.408. The van der Waals surface area contributed by atoms with Gasteiger partial charge >= 0.3 is 6.03 Å². The van der Waals surface area contributed by atoms with Gasteiger partial charge in [-0.1, -0.05) is 12.1 Å². The summed E-state index contributed by atoms with van der Waals surface area (Å²) in [5.74, 6) is 0.761. The zero-order valence-corrected chi connectivity index (χ0v) is 15.1. The molecule has 8 heteroatoms. The number of aromatic nitrogens is 2. The molecule has 6 nitrogen and oxygen atoms in total. The van der Waals surface area contributed by atoms with E-state index >= 15 is 0 Å². The molecule has 0 spiro atoms. The smallest absolute Gasteiger partial charge is 0.321 e. The maximum Gasteiger partial charge on any atom is 0.321 e. The van der Waals surface area contributed by atoms with Crippen LogP contribution < -0.4 is 15.4 Å². The molecule has 0 saturated carbocycles. The molecule has 0 aliphatic carbocycles. The highest BCUT2D eigenvalue weighted by Crippen LogP contribution is 2.24. The second-order valence-electron chi connectivity index (χ2n) is 4.93. The molecule has 1 aromatic carbocycles. The van der Waals surface area contributed by atoms with E-state index < -0.39 is 0 Å². The number of nitrogens with zero attached hydrogens (tertiary/aromatic N) is 2. The molecule has 2 heterocycles. The lowest BCUT2D eigenvalue weighted by atomic mass is 10.2. The summed E-state index contributed by atoms with van der Waals surface area (Å²) in [7, 11) is 1.61. The number of anilines is 1. The Balaban J connectivity index is 0.00000225. The normalized spacial score (nSPS) is 9.80. The van der Waals surface area contributed by atoms with Gasteiger partial charge in [-0.05, 0) is 29.8 Å². The van der Waals surface area contributed by atoms with Gasteiger partial charge in [-0.2, -0.15) is 0 Å². The van der Waals surface area contributed by atoms with Crippen molar-refractivity contribution in [2.45, 2.75) is 6.54 Å². The number of halogens is 1. The van der Waals surface area contributed by atoms with E-state index in [1.807, 2.05) is 41.8 Å². The van der Waals surface area contributed by atoms with Gasteiger partial charge in [-0.15, -0.1) is 23.7 Å². The Morgan fingerprint density at radius 2 is 2.04 bits per heavy atom. The van der Waals surface area contributed by atoms with Crippen molar-refractivity contribution in [3.05, 3.63) is 59.7 Å². The lowest BCUT2D eigenvalue weighted by Gasteiger charge is -2.07. The summed E-state index contributed by atoms with van der Waals surface area (Å²) in [6, 6.07) is 11.0. The lowest BCUT2D eigenvalue weighted by molar-refractivity contribution is 0.251. The van der Waals surface area contributed by atoms with Crippen LogP contribution in [-0.2, 0) is 6.54 Å². The molecule has 0 atom stereocenters. The van der Waals surface area contributed by atoms with E-state index in [-0.39, 0.29) is 18.4 Å². The maximum atomic E-state index is 12.0. The van der Waals surface area contributed by atoms with Gasteiger partial charge in [0.05, 0.1) is 12.8 Å². The van der Waals surface area contributed by atoms with Crippen LogP contribution in [0.25, 0.3) is 11.3 Å². The third kappa shape index (κ3) is 5.17. The number of thiazole rings is 1. The summed E-state index contributed by atoms with van der Waals surface area (Å²) in [4.78, 5) is 20.4. The first-order chi connectivity index (χ1) is 11.7. The number of methoxy groups -OCH3 is 1. The van der Waals surface area contributed by atoms with Gasteiger partial charge in [-0.25, -0.2) is 9.78 Å². The SMILES string of the molecule is COc1cccc(CNC(=O)Nc2nc(-c3ccncc3)cs2)c1.Cl. The molecule has 0 saturated heterocycles. The molecule has 2 aromatic heterocycles. The first kappa shape index (κ1) is 18.7. The van der Waals surface area contributed by atoms with E-state index in [2.05, 4.69) is 20.6 Å². The Kier molecular flexibility index (Phi) is 6.73. The number of hydrogen-bond donors (Lipinski definition) is 2. The van der Waals surface area contributed by atoms with E-state index in [4.69, 9.17) is 4.74 Å². The van der Waals surface area contributed by atoms with E-state index in [1.54, 1.807) is 19.5 Å². The van der Waals surface area contributed by atoms with Crippen LogP contribution in [-0.4, -0.2) is 23.1 Å². The molecule has 0 fully saturated rings. The fourth-order valence-electron chi connectivity index (χ4n) is 2.09. The van der Waals surface area contributed by atoms with Crippen LogP contribution in [0, 0.1) is 0 Å². The monoisotopic (exact) mass is 376 g/mol. The van der Waals surface area contributed by atoms with Crippen molar-refractivity contribution in [1.29, 1.82) is 0 Å². The van der Waals surface area contributed by atoms with E-state index in [9.17, 15) is 4.79 Å². The van der Waals surface area contributed by atoms with E-state index in [0.717, 1.165) is 22.6 Å². The lowest BCUT2D eigenvalue weighted by Crippen LogP contribution is -2.28. The molecule has 2 amide bonds. The minimum absolute atomic E-state index is 0. The van der Waals surface area contributed by atoms with Crippen LogP contribution >= 0.6 is 23.7 Å². The number of carbonyl (C=O) groups is 1. The van der Waals surface area contributed by atoms with Crippen molar-refractivity contribution < 1.29 is 9.53 Å². The highest BCUT2D eigenvalue weighted by Gasteiger charge is 2.08. The average Bonchev–Trinajstić information content (AvgIpc) is 3.09. The average molecular weight is 377 g/mol. The topological polar surface area (TPSA) is 76.1 Å². The van der Waals surface area contributed by atoms with Gasteiger partial charge in [0.25, 0.3) is 0 Å². The van der Waals surface area contributed by atoms with Gasteiger partial charge in [0, 0.05) is 29.9 Å². The zero-order valence-electron chi connectivity index (χ0n) is 13.4. The van der Waals surface area contributed by atoms with Crippen LogP contribution in [0.2, 0.25) is 0 Å². The molecule has 3 rings (SSSR count). The largest absolute Gasteiger partial charge is 0.497 e. The molecule has 130 valence electrons. The molecule has 0 unspecified atom stereocenters. The van der Waals surface area contributed by atoms with Crippen LogP contribution in [0.1, 0.15) is 5.56 Å². The number of ether oxygens (including phenoxy) is 1. The fourth-order valence-corrected chi connectivity index (χ4v) is 2.81.